The van der Waals surface area contributed by atoms with Crippen molar-refractivity contribution in [3.05, 3.63) is 34.9 Å². The Morgan fingerprint density at radius 2 is 1.95 bits per heavy atom. The Kier molecular flexibility index (Phi) is 7.52. The summed E-state index contributed by atoms with van der Waals surface area (Å²) in [5, 5.41) is 14.0. The number of β-amino-alcohol motifs (C(OH)–C–C–N with tert-alkyl or cyclic N) is 1. The first-order valence-corrected chi connectivity index (χ1v) is 7.62. The van der Waals surface area contributed by atoms with Gasteiger partial charge in [0, 0.05) is 17.1 Å². The molecule has 0 spiro atoms. The van der Waals surface area contributed by atoms with Crippen molar-refractivity contribution in [2.24, 2.45) is 0 Å². The minimum atomic E-state index is -0.505. The number of hydrogen-bond donors (Lipinski definition) is 2. The molecule has 114 valence electrons. The fraction of sp³-hybridized carbons (Fsp3) is 0.625. The van der Waals surface area contributed by atoms with E-state index in [1.54, 1.807) is 0 Å². The number of hydrogen-bond acceptors (Lipinski definition) is 3. The Balaban J connectivity index is 2.27. The van der Waals surface area contributed by atoms with Gasteiger partial charge in [0.25, 0.3) is 0 Å². The van der Waals surface area contributed by atoms with Gasteiger partial charge in [-0.05, 0) is 31.4 Å². The number of nitrogens with one attached hydrogen (secondary N) is 1. The van der Waals surface area contributed by atoms with Gasteiger partial charge in [-0.15, -0.1) is 0 Å². The van der Waals surface area contributed by atoms with Crippen LogP contribution >= 0.6 is 11.6 Å². The maximum Gasteiger partial charge on any atom is 0.0898 e. The van der Waals surface area contributed by atoms with Crippen LogP contribution in [0.3, 0.4) is 0 Å². The lowest BCUT2D eigenvalue weighted by Crippen LogP contribution is -2.45. The van der Waals surface area contributed by atoms with Crippen molar-refractivity contribution in [2.45, 2.75) is 51.9 Å². The van der Waals surface area contributed by atoms with Crippen LogP contribution < -0.4 is 5.32 Å². The molecule has 3 nitrogen and oxygen atoms in total. The van der Waals surface area contributed by atoms with Crippen molar-refractivity contribution in [3.8, 4) is 0 Å². The first-order chi connectivity index (χ1) is 9.50. The molecule has 0 bridgehead atoms. The Bertz CT molecular complexity index is 394. The van der Waals surface area contributed by atoms with E-state index in [0.29, 0.717) is 24.8 Å². The lowest BCUT2D eigenvalue weighted by Gasteiger charge is -2.29. The third-order valence-electron chi connectivity index (χ3n) is 3.85. The van der Waals surface area contributed by atoms with Crippen LogP contribution in [0.1, 0.15) is 39.2 Å². The number of aliphatic hydroxyl groups excluding tert-OH is 1. The SMILES string of the molecule is CCC(C)(CC)NCC(O)COCc1ccccc1Cl. The molecule has 0 saturated heterocycles. The minimum absolute atomic E-state index is 0.0870. The summed E-state index contributed by atoms with van der Waals surface area (Å²) >= 11 is 6.04. The number of halogens is 1. The molecule has 0 amide bonds. The van der Waals surface area contributed by atoms with E-state index in [9.17, 15) is 5.11 Å². The third-order valence-corrected chi connectivity index (χ3v) is 4.22. The van der Waals surface area contributed by atoms with Gasteiger partial charge in [0.1, 0.15) is 0 Å². The van der Waals surface area contributed by atoms with Gasteiger partial charge in [-0.1, -0.05) is 43.6 Å². The van der Waals surface area contributed by atoms with Crippen molar-refractivity contribution in [2.75, 3.05) is 13.2 Å². The van der Waals surface area contributed by atoms with E-state index >= 15 is 0 Å². The Morgan fingerprint density at radius 3 is 2.55 bits per heavy atom. The molecule has 0 aliphatic rings. The van der Waals surface area contributed by atoms with Gasteiger partial charge in [-0.3, -0.25) is 0 Å². The molecule has 20 heavy (non-hydrogen) atoms. The van der Waals surface area contributed by atoms with Crippen LogP contribution in [0, 0.1) is 0 Å². The number of rotatable bonds is 9. The maximum absolute atomic E-state index is 9.93. The number of aliphatic hydroxyl groups is 1. The Hall–Kier alpha value is -0.610. The zero-order valence-electron chi connectivity index (χ0n) is 12.7. The summed E-state index contributed by atoms with van der Waals surface area (Å²) in [5.41, 5.74) is 1.03. The van der Waals surface area contributed by atoms with Gasteiger partial charge >= 0.3 is 0 Å². The van der Waals surface area contributed by atoms with Crippen LogP contribution in [0.15, 0.2) is 24.3 Å². The first kappa shape index (κ1) is 17.4. The van der Waals surface area contributed by atoms with E-state index in [2.05, 4.69) is 26.1 Å². The monoisotopic (exact) mass is 299 g/mol. The maximum atomic E-state index is 9.93. The second-order valence-electron chi connectivity index (χ2n) is 5.41. The molecular weight excluding hydrogens is 274 g/mol. The van der Waals surface area contributed by atoms with Crippen LogP contribution in [-0.4, -0.2) is 29.9 Å². The lowest BCUT2D eigenvalue weighted by atomic mass is 9.95. The summed E-state index contributed by atoms with van der Waals surface area (Å²) in [4.78, 5) is 0. The highest BCUT2D eigenvalue weighted by Gasteiger charge is 2.19. The van der Waals surface area contributed by atoms with Crippen molar-refractivity contribution in [1.29, 1.82) is 0 Å². The predicted octanol–water partition coefficient (Wildman–Crippen LogP) is 3.39. The van der Waals surface area contributed by atoms with Gasteiger partial charge in [-0.2, -0.15) is 0 Å². The summed E-state index contributed by atoms with van der Waals surface area (Å²) in [5.74, 6) is 0. The van der Waals surface area contributed by atoms with E-state index < -0.39 is 6.10 Å². The topological polar surface area (TPSA) is 41.5 Å². The molecule has 2 N–H and O–H groups in total. The molecule has 0 heterocycles. The molecule has 1 rings (SSSR count). The smallest absolute Gasteiger partial charge is 0.0898 e. The molecule has 0 saturated carbocycles. The molecule has 0 radical (unpaired) electrons. The molecule has 0 fully saturated rings. The zero-order valence-corrected chi connectivity index (χ0v) is 13.4. The fourth-order valence-electron chi connectivity index (χ4n) is 1.84. The van der Waals surface area contributed by atoms with Crippen LogP contribution in [-0.2, 0) is 11.3 Å². The van der Waals surface area contributed by atoms with Crippen LogP contribution in [0.5, 0.6) is 0 Å². The first-order valence-electron chi connectivity index (χ1n) is 7.25. The summed E-state index contributed by atoms with van der Waals surface area (Å²) in [7, 11) is 0. The molecule has 1 atom stereocenters. The van der Waals surface area contributed by atoms with Crippen LogP contribution in [0.4, 0.5) is 0 Å². The number of benzene rings is 1. The normalized spacial score (nSPS) is 13.4. The van der Waals surface area contributed by atoms with E-state index in [0.717, 1.165) is 18.4 Å². The third kappa shape index (κ3) is 5.80. The minimum Gasteiger partial charge on any atom is -0.389 e. The molecule has 0 aromatic heterocycles. The molecule has 4 heteroatoms. The molecule has 1 unspecified atom stereocenters. The summed E-state index contributed by atoms with van der Waals surface area (Å²) in [6.07, 6.45) is 1.57. The van der Waals surface area contributed by atoms with Gasteiger partial charge in [0.15, 0.2) is 0 Å². The highest BCUT2D eigenvalue weighted by atomic mass is 35.5. The number of ether oxygens (including phenoxy) is 1. The Morgan fingerprint density at radius 1 is 1.30 bits per heavy atom. The standard InChI is InChI=1S/C16H26ClNO2/c1-4-16(3,5-2)18-10-14(19)12-20-11-13-8-6-7-9-15(13)17/h6-9,14,18-19H,4-5,10-12H2,1-3H3. The van der Waals surface area contributed by atoms with Crippen molar-refractivity contribution in [1.82, 2.24) is 5.32 Å². The van der Waals surface area contributed by atoms with Gasteiger partial charge < -0.3 is 15.2 Å². The average molecular weight is 300 g/mol. The fourth-order valence-corrected chi connectivity index (χ4v) is 2.03. The van der Waals surface area contributed by atoms with Crippen LogP contribution in [0.2, 0.25) is 5.02 Å². The highest BCUT2D eigenvalue weighted by Crippen LogP contribution is 2.16. The van der Waals surface area contributed by atoms with Crippen molar-refractivity contribution < 1.29 is 9.84 Å². The van der Waals surface area contributed by atoms with E-state index in [-0.39, 0.29) is 5.54 Å². The summed E-state index contributed by atoms with van der Waals surface area (Å²) < 4.78 is 5.52. The van der Waals surface area contributed by atoms with Gasteiger partial charge in [-0.25, -0.2) is 0 Å². The Labute approximate surface area is 127 Å². The molecule has 1 aromatic rings. The van der Waals surface area contributed by atoms with Gasteiger partial charge in [0.05, 0.1) is 19.3 Å². The molecule has 0 aliphatic heterocycles. The molecule has 1 aromatic carbocycles. The van der Waals surface area contributed by atoms with E-state index in [1.165, 1.54) is 0 Å². The van der Waals surface area contributed by atoms with Crippen molar-refractivity contribution in [3.63, 3.8) is 0 Å². The van der Waals surface area contributed by atoms with E-state index in [4.69, 9.17) is 16.3 Å². The van der Waals surface area contributed by atoms with E-state index in [1.807, 2.05) is 24.3 Å². The predicted molar refractivity (Wildman–Crippen MR) is 84.1 cm³/mol. The van der Waals surface area contributed by atoms with Crippen LogP contribution in [0.25, 0.3) is 0 Å². The summed E-state index contributed by atoms with van der Waals surface area (Å²) in [6.45, 7) is 7.75. The lowest BCUT2D eigenvalue weighted by molar-refractivity contribution is 0.0249. The molecule has 0 aliphatic carbocycles. The second kappa shape index (κ2) is 8.63. The average Bonchev–Trinajstić information content (AvgIpc) is 2.47. The van der Waals surface area contributed by atoms with Crippen molar-refractivity contribution >= 4 is 11.6 Å². The van der Waals surface area contributed by atoms with Gasteiger partial charge in [0.2, 0.25) is 0 Å². The highest BCUT2D eigenvalue weighted by molar-refractivity contribution is 6.31. The molecular formula is C16H26ClNO2. The summed E-state index contributed by atoms with van der Waals surface area (Å²) in [6, 6.07) is 7.59. The largest absolute Gasteiger partial charge is 0.389 e. The quantitative estimate of drug-likeness (QED) is 0.734. The second-order valence-corrected chi connectivity index (χ2v) is 5.82. The zero-order chi connectivity index (χ0) is 15.0.